The van der Waals surface area contributed by atoms with Gasteiger partial charge in [-0.3, -0.25) is 4.79 Å². The number of hydrogen-bond donors (Lipinski definition) is 1. The summed E-state index contributed by atoms with van der Waals surface area (Å²) in [6.45, 7) is 0. The first-order valence-corrected chi connectivity index (χ1v) is 5.25. The average molecular weight is 216 g/mol. The molecule has 0 aliphatic carbocycles. The maximum atomic E-state index is 10.2. The van der Waals surface area contributed by atoms with Crippen LogP contribution in [0.15, 0.2) is 5.16 Å². The van der Waals surface area contributed by atoms with Crippen molar-refractivity contribution < 1.29 is 9.90 Å². The van der Waals surface area contributed by atoms with Gasteiger partial charge in [-0.2, -0.15) is 0 Å². The van der Waals surface area contributed by atoms with Crippen LogP contribution in [0.25, 0.3) is 0 Å². The van der Waals surface area contributed by atoms with Gasteiger partial charge in [-0.15, -0.1) is 5.10 Å². The Bertz CT molecular complexity index is 302. The van der Waals surface area contributed by atoms with E-state index < -0.39 is 5.97 Å². The second-order valence-corrected chi connectivity index (χ2v) is 3.85. The zero-order chi connectivity index (χ0) is 10.4. The summed E-state index contributed by atoms with van der Waals surface area (Å²) in [5, 5.41) is 20.1. The third-order valence-corrected chi connectivity index (χ3v) is 2.69. The number of thioether (sulfide) groups is 1. The minimum absolute atomic E-state index is 0.234. The van der Waals surface area contributed by atoms with Crippen molar-refractivity contribution >= 4 is 17.7 Å². The number of carboxylic acid groups (broad SMARTS) is 1. The summed E-state index contributed by atoms with van der Waals surface area (Å²) in [7, 11) is 1.78. The van der Waals surface area contributed by atoms with E-state index in [0.717, 1.165) is 17.3 Å². The maximum Gasteiger partial charge on any atom is 0.303 e. The number of tetrazole rings is 1. The number of nitrogens with zero attached hydrogens (tertiary/aromatic N) is 4. The summed E-state index contributed by atoms with van der Waals surface area (Å²) in [6, 6.07) is 0. The van der Waals surface area contributed by atoms with Crippen molar-refractivity contribution in [3.05, 3.63) is 0 Å². The average Bonchev–Trinajstić information content (AvgIpc) is 2.51. The van der Waals surface area contributed by atoms with Crippen LogP contribution in [0.2, 0.25) is 0 Å². The van der Waals surface area contributed by atoms with Gasteiger partial charge in [-0.1, -0.05) is 11.8 Å². The molecule has 1 rings (SSSR count). The van der Waals surface area contributed by atoms with E-state index in [1.165, 1.54) is 11.8 Å². The molecule has 6 nitrogen and oxygen atoms in total. The molecule has 0 saturated heterocycles. The van der Waals surface area contributed by atoms with Crippen molar-refractivity contribution in [2.24, 2.45) is 7.05 Å². The highest BCUT2D eigenvalue weighted by molar-refractivity contribution is 7.99. The van der Waals surface area contributed by atoms with Gasteiger partial charge in [0.2, 0.25) is 5.16 Å². The molecule has 0 unspecified atom stereocenters. The standard InChI is InChI=1S/C7H12N4O2S/c1-11-7(8-9-10-11)14-5-3-2-4-6(12)13/h2-5H2,1H3,(H,12,13). The van der Waals surface area contributed by atoms with E-state index in [0.29, 0.717) is 6.42 Å². The second kappa shape index (κ2) is 5.58. The summed E-state index contributed by atoms with van der Waals surface area (Å²) in [6.07, 6.45) is 1.80. The molecule has 0 radical (unpaired) electrons. The molecular weight excluding hydrogens is 204 g/mol. The molecule has 0 amide bonds. The lowest BCUT2D eigenvalue weighted by molar-refractivity contribution is -0.137. The highest BCUT2D eigenvalue weighted by atomic mass is 32.2. The highest BCUT2D eigenvalue weighted by Gasteiger charge is 2.02. The Morgan fingerprint density at radius 3 is 2.93 bits per heavy atom. The number of unbranched alkanes of at least 4 members (excludes halogenated alkanes) is 1. The molecule has 0 bridgehead atoms. The van der Waals surface area contributed by atoms with E-state index in [-0.39, 0.29) is 6.42 Å². The number of aromatic nitrogens is 4. The summed E-state index contributed by atoms with van der Waals surface area (Å²) in [5.41, 5.74) is 0. The Morgan fingerprint density at radius 2 is 2.36 bits per heavy atom. The van der Waals surface area contributed by atoms with Crippen LogP contribution in [0.3, 0.4) is 0 Å². The fourth-order valence-electron chi connectivity index (χ4n) is 0.885. The largest absolute Gasteiger partial charge is 0.481 e. The van der Waals surface area contributed by atoms with Crippen LogP contribution < -0.4 is 0 Å². The van der Waals surface area contributed by atoms with Gasteiger partial charge in [0.15, 0.2) is 0 Å². The van der Waals surface area contributed by atoms with Crippen LogP contribution in [0.4, 0.5) is 0 Å². The molecule has 0 aromatic carbocycles. The Hall–Kier alpha value is -1.11. The van der Waals surface area contributed by atoms with E-state index in [4.69, 9.17) is 5.11 Å². The summed E-state index contributed by atoms with van der Waals surface area (Å²) >= 11 is 1.54. The van der Waals surface area contributed by atoms with Crippen LogP contribution in [-0.2, 0) is 11.8 Å². The molecule has 0 spiro atoms. The van der Waals surface area contributed by atoms with E-state index in [1.807, 2.05) is 0 Å². The lowest BCUT2D eigenvalue weighted by Gasteiger charge is -1.97. The summed E-state index contributed by atoms with van der Waals surface area (Å²) in [4.78, 5) is 10.2. The Morgan fingerprint density at radius 1 is 1.57 bits per heavy atom. The summed E-state index contributed by atoms with van der Waals surface area (Å²) < 4.78 is 1.60. The molecule has 0 aliphatic rings. The molecule has 1 N–H and O–H groups in total. The quantitative estimate of drug-likeness (QED) is 0.552. The smallest absolute Gasteiger partial charge is 0.303 e. The lowest BCUT2D eigenvalue weighted by Crippen LogP contribution is -1.96. The van der Waals surface area contributed by atoms with E-state index in [1.54, 1.807) is 11.7 Å². The monoisotopic (exact) mass is 216 g/mol. The molecule has 0 saturated carbocycles. The number of carbonyl (C=O) groups is 1. The van der Waals surface area contributed by atoms with E-state index >= 15 is 0 Å². The predicted octanol–water partition coefficient (Wildman–Crippen LogP) is 0.557. The molecule has 14 heavy (non-hydrogen) atoms. The SMILES string of the molecule is Cn1nnnc1SCCCCC(=O)O. The van der Waals surface area contributed by atoms with Crippen LogP contribution in [0.5, 0.6) is 0 Å². The third kappa shape index (κ3) is 3.73. The van der Waals surface area contributed by atoms with Gasteiger partial charge < -0.3 is 5.11 Å². The van der Waals surface area contributed by atoms with Crippen molar-refractivity contribution in [1.29, 1.82) is 0 Å². The Kier molecular flexibility index (Phi) is 4.37. The van der Waals surface area contributed by atoms with Crippen LogP contribution >= 0.6 is 11.8 Å². The fraction of sp³-hybridized carbons (Fsp3) is 0.714. The van der Waals surface area contributed by atoms with Gasteiger partial charge in [0.1, 0.15) is 0 Å². The van der Waals surface area contributed by atoms with Gasteiger partial charge in [-0.25, -0.2) is 4.68 Å². The van der Waals surface area contributed by atoms with Crippen LogP contribution in [0.1, 0.15) is 19.3 Å². The number of aliphatic carboxylic acids is 1. The first kappa shape index (κ1) is 11.0. The molecule has 78 valence electrons. The normalized spacial score (nSPS) is 10.4. The Balaban J connectivity index is 2.10. The van der Waals surface area contributed by atoms with Gasteiger partial charge in [0.25, 0.3) is 0 Å². The van der Waals surface area contributed by atoms with Gasteiger partial charge in [0.05, 0.1) is 0 Å². The molecule has 1 aromatic heterocycles. The van der Waals surface area contributed by atoms with Gasteiger partial charge in [0, 0.05) is 19.2 Å². The van der Waals surface area contributed by atoms with Crippen molar-refractivity contribution in [2.45, 2.75) is 24.4 Å². The molecule has 1 heterocycles. The van der Waals surface area contributed by atoms with Crippen molar-refractivity contribution in [2.75, 3.05) is 5.75 Å². The lowest BCUT2D eigenvalue weighted by atomic mass is 10.3. The van der Waals surface area contributed by atoms with Crippen molar-refractivity contribution in [3.63, 3.8) is 0 Å². The Labute approximate surface area is 85.7 Å². The number of carboxylic acids is 1. The molecule has 7 heteroatoms. The zero-order valence-electron chi connectivity index (χ0n) is 7.88. The fourth-order valence-corrected chi connectivity index (χ4v) is 1.73. The first-order chi connectivity index (χ1) is 6.70. The van der Waals surface area contributed by atoms with Crippen molar-refractivity contribution in [3.8, 4) is 0 Å². The molecule has 0 fully saturated rings. The first-order valence-electron chi connectivity index (χ1n) is 4.27. The maximum absolute atomic E-state index is 10.2. The minimum Gasteiger partial charge on any atom is -0.481 e. The zero-order valence-corrected chi connectivity index (χ0v) is 8.70. The molecule has 0 atom stereocenters. The minimum atomic E-state index is -0.740. The van der Waals surface area contributed by atoms with Gasteiger partial charge in [-0.05, 0) is 23.3 Å². The predicted molar refractivity (Wildman–Crippen MR) is 51.0 cm³/mol. The number of hydrogen-bond acceptors (Lipinski definition) is 5. The highest BCUT2D eigenvalue weighted by Crippen LogP contribution is 2.14. The van der Waals surface area contributed by atoms with Crippen molar-refractivity contribution in [1.82, 2.24) is 20.2 Å². The molecule has 0 aliphatic heterocycles. The second-order valence-electron chi connectivity index (χ2n) is 2.78. The van der Waals surface area contributed by atoms with Crippen LogP contribution in [0, 0.1) is 0 Å². The molecular formula is C7H12N4O2S. The van der Waals surface area contributed by atoms with Crippen LogP contribution in [-0.4, -0.2) is 37.0 Å². The summed E-state index contributed by atoms with van der Waals surface area (Å²) in [5.74, 6) is 0.108. The topological polar surface area (TPSA) is 80.9 Å². The number of aryl methyl sites for hydroxylation is 1. The van der Waals surface area contributed by atoms with Gasteiger partial charge >= 0.3 is 5.97 Å². The molecule has 1 aromatic rings. The third-order valence-electron chi connectivity index (χ3n) is 1.60. The van der Waals surface area contributed by atoms with E-state index in [2.05, 4.69) is 15.5 Å². The number of rotatable bonds is 6. The van der Waals surface area contributed by atoms with E-state index in [9.17, 15) is 4.79 Å².